The molecular weight excluding hydrogens is 296 g/mol. The Hall–Kier alpha value is -2.16. The molecule has 0 heterocycles. The third kappa shape index (κ3) is 2.88. The van der Waals surface area contributed by atoms with Crippen molar-refractivity contribution in [3.8, 4) is 0 Å². The summed E-state index contributed by atoms with van der Waals surface area (Å²) >= 11 is 0. The molecule has 0 atom stereocenters. The van der Waals surface area contributed by atoms with E-state index < -0.39 is 0 Å². The van der Waals surface area contributed by atoms with Gasteiger partial charge in [-0.3, -0.25) is 0 Å². The SMILES string of the molecule is Cc1ccccc1C(CO[SiH3])(c1ccccc1)c1ccccc1. The van der Waals surface area contributed by atoms with Crippen LogP contribution in [0.4, 0.5) is 0 Å². The van der Waals surface area contributed by atoms with Crippen LogP contribution in [-0.2, 0) is 9.84 Å². The topological polar surface area (TPSA) is 9.23 Å². The van der Waals surface area contributed by atoms with Gasteiger partial charge in [-0.1, -0.05) is 84.9 Å². The first-order valence-corrected chi connectivity index (χ1v) is 8.77. The number of hydrogen-bond donors (Lipinski definition) is 0. The highest BCUT2D eigenvalue weighted by molar-refractivity contribution is 5.98. The van der Waals surface area contributed by atoms with Crippen molar-refractivity contribution in [2.24, 2.45) is 0 Å². The summed E-state index contributed by atoms with van der Waals surface area (Å²) in [7, 11) is 0.721. The molecule has 0 aliphatic rings. The summed E-state index contributed by atoms with van der Waals surface area (Å²) in [6, 6.07) is 30.0. The Morgan fingerprint density at radius 2 is 1.22 bits per heavy atom. The van der Waals surface area contributed by atoms with Crippen LogP contribution >= 0.6 is 0 Å². The van der Waals surface area contributed by atoms with Crippen molar-refractivity contribution in [3.05, 3.63) is 107 Å². The van der Waals surface area contributed by atoms with Gasteiger partial charge in [-0.05, 0) is 29.2 Å². The first-order chi connectivity index (χ1) is 11.3. The third-order valence-electron chi connectivity index (χ3n) is 4.50. The van der Waals surface area contributed by atoms with E-state index in [0.717, 1.165) is 10.5 Å². The first kappa shape index (κ1) is 15.7. The maximum Gasteiger partial charge on any atom is 0.146 e. The summed E-state index contributed by atoms with van der Waals surface area (Å²) in [4.78, 5) is 0. The van der Waals surface area contributed by atoms with Gasteiger partial charge in [0.2, 0.25) is 0 Å². The number of benzene rings is 3. The summed E-state index contributed by atoms with van der Waals surface area (Å²) in [6.45, 7) is 2.85. The van der Waals surface area contributed by atoms with Gasteiger partial charge in [0.05, 0.1) is 12.0 Å². The van der Waals surface area contributed by atoms with Crippen molar-refractivity contribution < 1.29 is 4.43 Å². The summed E-state index contributed by atoms with van der Waals surface area (Å²) in [5, 5.41) is 0. The van der Waals surface area contributed by atoms with Gasteiger partial charge in [0.1, 0.15) is 10.5 Å². The summed E-state index contributed by atoms with van der Waals surface area (Å²) in [5.74, 6) is 0. The largest absolute Gasteiger partial charge is 0.426 e. The molecular formula is C21H22OSi. The quantitative estimate of drug-likeness (QED) is 0.516. The van der Waals surface area contributed by atoms with Gasteiger partial charge >= 0.3 is 0 Å². The molecule has 3 aromatic rings. The van der Waals surface area contributed by atoms with Crippen LogP contribution in [0.2, 0.25) is 0 Å². The van der Waals surface area contributed by atoms with E-state index in [1.54, 1.807) is 0 Å². The molecule has 0 fully saturated rings. The molecule has 0 aromatic heterocycles. The van der Waals surface area contributed by atoms with E-state index in [9.17, 15) is 0 Å². The van der Waals surface area contributed by atoms with Crippen molar-refractivity contribution in [1.82, 2.24) is 0 Å². The highest BCUT2D eigenvalue weighted by atomic mass is 28.2. The van der Waals surface area contributed by atoms with Gasteiger partial charge < -0.3 is 4.43 Å². The van der Waals surface area contributed by atoms with Gasteiger partial charge in [0, 0.05) is 0 Å². The Balaban J connectivity index is 2.34. The molecule has 116 valence electrons. The number of aryl methyl sites for hydroxylation is 1. The monoisotopic (exact) mass is 318 g/mol. The molecule has 0 aliphatic carbocycles. The van der Waals surface area contributed by atoms with Crippen LogP contribution in [0.5, 0.6) is 0 Å². The number of rotatable bonds is 5. The minimum absolute atomic E-state index is 0.268. The lowest BCUT2D eigenvalue weighted by Gasteiger charge is -2.36. The zero-order valence-corrected chi connectivity index (χ0v) is 15.7. The Bertz CT molecular complexity index is 714. The maximum atomic E-state index is 5.86. The van der Waals surface area contributed by atoms with E-state index in [0.29, 0.717) is 6.61 Å². The van der Waals surface area contributed by atoms with E-state index in [4.69, 9.17) is 4.43 Å². The average molecular weight is 318 g/mol. The number of hydrogen-bond acceptors (Lipinski definition) is 1. The van der Waals surface area contributed by atoms with Crippen LogP contribution in [0.1, 0.15) is 22.3 Å². The van der Waals surface area contributed by atoms with Crippen molar-refractivity contribution in [2.75, 3.05) is 6.61 Å². The fraction of sp³-hybridized carbons (Fsp3) is 0.143. The molecule has 3 aromatic carbocycles. The molecule has 0 unspecified atom stereocenters. The smallest absolute Gasteiger partial charge is 0.146 e. The van der Waals surface area contributed by atoms with Gasteiger partial charge in [0.25, 0.3) is 0 Å². The molecule has 0 saturated carbocycles. The second-order valence-corrected chi connectivity index (χ2v) is 6.46. The minimum Gasteiger partial charge on any atom is -0.426 e. The zero-order valence-electron chi connectivity index (χ0n) is 13.7. The highest BCUT2D eigenvalue weighted by Crippen LogP contribution is 2.40. The predicted molar refractivity (Wildman–Crippen MR) is 99.8 cm³/mol. The van der Waals surface area contributed by atoms with Gasteiger partial charge in [-0.2, -0.15) is 0 Å². The van der Waals surface area contributed by atoms with E-state index >= 15 is 0 Å². The lowest BCUT2D eigenvalue weighted by atomic mass is 9.69. The Morgan fingerprint density at radius 3 is 1.70 bits per heavy atom. The van der Waals surface area contributed by atoms with Crippen LogP contribution in [0.15, 0.2) is 84.9 Å². The van der Waals surface area contributed by atoms with Crippen molar-refractivity contribution in [2.45, 2.75) is 12.3 Å². The van der Waals surface area contributed by atoms with E-state index in [2.05, 4.69) is 91.9 Å². The lowest BCUT2D eigenvalue weighted by molar-refractivity contribution is 0.288. The third-order valence-corrected chi connectivity index (χ3v) is 4.79. The second kappa shape index (κ2) is 6.94. The molecule has 0 bridgehead atoms. The summed E-state index contributed by atoms with van der Waals surface area (Å²) < 4.78 is 5.86. The van der Waals surface area contributed by atoms with E-state index in [1.807, 2.05) is 0 Å². The fourth-order valence-corrected chi connectivity index (χ4v) is 3.87. The van der Waals surface area contributed by atoms with Crippen LogP contribution in [0, 0.1) is 6.92 Å². The Morgan fingerprint density at radius 1 is 0.739 bits per heavy atom. The Labute approximate surface area is 141 Å². The Kier molecular flexibility index (Phi) is 4.75. The normalized spacial score (nSPS) is 11.5. The molecule has 23 heavy (non-hydrogen) atoms. The second-order valence-electron chi connectivity index (χ2n) is 5.89. The van der Waals surface area contributed by atoms with Gasteiger partial charge in [-0.15, -0.1) is 0 Å². The van der Waals surface area contributed by atoms with Crippen molar-refractivity contribution in [3.63, 3.8) is 0 Å². The van der Waals surface area contributed by atoms with Crippen LogP contribution in [-0.4, -0.2) is 17.1 Å². The highest BCUT2D eigenvalue weighted by Gasteiger charge is 2.37. The van der Waals surface area contributed by atoms with Crippen LogP contribution in [0.25, 0.3) is 0 Å². The summed E-state index contributed by atoms with van der Waals surface area (Å²) in [5.41, 5.74) is 4.88. The fourth-order valence-electron chi connectivity index (χ4n) is 3.44. The predicted octanol–water partition coefficient (Wildman–Crippen LogP) is 3.63. The van der Waals surface area contributed by atoms with Crippen molar-refractivity contribution >= 4 is 10.5 Å². The molecule has 0 N–H and O–H groups in total. The molecule has 0 amide bonds. The average Bonchev–Trinajstić information content (AvgIpc) is 2.62. The van der Waals surface area contributed by atoms with E-state index in [1.165, 1.54) is 22.3 Å². The maximum absolute atomic E-state index is 5.86. The van der Waals surface area contributed by atoms with Crippen molar-refractivity contribution in [1.29, 1.82) is 0 Å². The van der Waals surface area contributed by atoms with Gasteiger partial charge in [0.15, 0.2) is 0 Å². The zero-order chi connectivity index (χ0) is 16.1. The van der Waals surface area contributed by atoms with E-state index in [-0.39, 0.29) is 5.41 Å². The molecule has 0 radical (unpaired) electrons. The first-order valence-electron chi connectivity index (χ1n) is 7.95. The minimum atomic E-state index is -0.268. The summed E-state index contributed by atoms with van der Waals surface area (Å²) in [6.07, 6.45) is 0. The van der Waals surface area contributed by atoms with Crippen LogP contribution in [0.3, 0.4) is 0 Å². The molecule has 1 nitrogen and oxygen atoms in total. The molecule has 0 saturated heterocycles. The molecule has 0 aliphatic heterocycles. The molecule has 0 spiro atoms. The standard InChI is InChI=1S/C21H22OSi/c1-17-10-8-9-15-20(17)21(16-22-23,18-11-4-2-5-12-18)19-13-6-3-7-14-19/h2-15H,16H2,1,23H3. The van der Waals surface area contributed by atoms with Gasteiger partial charge in [-0.25, -0.2) is 0 Å². The lowest BCUT2D eigenvalue weighted by Crippen LogP contribution is -2.35. The molecule has 2 heteroatoms. The molecule has 3 rings (SSSR count). The van der Waals surface area contributed by atoms with Crippen LogP contribution < -0.4 is 0 Å².